The Morgan fingerprint density at radius 1 is 1.23 bits per heavy atom. The van der Waals surface area contributed by atoms with Crippen LogP contribution in [0, 0.1) is 5.92 Å². The van der Waals surface area contributed by atoms with Gasteiger partial charge in [-0.2, -0.15) is 0 Å². The Bertz CT molecular complexity index is 792. The summed E-state index contributed by atoms with van der Waals surface area (Å²) >= 11 is 6.17. The van der Waals surface area contributed by atoms with Crippen molar-refractivity contribution in [3.8, 4) is 5.75 Å². The summed E-state index contributed by atoms with van der Waals surface area (Å²) in [6.07, 6.45) is 0.195. The first-order valence-electron chi connectivity index (χ1n) is 8.63. The van der Waals surface area contributed by atoms with Crippen LogP contribution in [0.5, 0.6) is 5.75 Å². The maximum Gasteiger partial charge on any atom is 0.227 e. The monoisotopic (exact) mass is 372 g/mol. The van der Waals surface area contributed by atoms with E-state index in [-0.39, 0.29) is 24.2 Å². The summed E-state index contributed by atoms with van der Waals surface area (Å²) in [6.45, 7) is 3.32. The van der Waals surface area contributed by atoms with Gasteiger partial charge < -0.3 is 15.0 Å². The topological polar surface area (TPSA) is 58.6 Å². The molecular weight excluding hydrogens is 352 g/mol. The van der Waals surface area contributed by atoms with Gasteiger partial charge in [0.05, 0.1) is 23.2 Å². The first-order valence-corrected chi connectivity index (χ1v) is 9.00. The predicted molar refractivity (Wildman–Crippen MR) is 101 cm³/mol. The second kappa shape index (κ2) is 8.23. The lowest BCUT2D eigenvalue weighted by atomic mass is 10.1. The summed E-state index contributed by atoms with van der Waals surface area (Å²) in [6, 6.07) is 14.8. The summed E-state index contributed by atoms with van der Waals surface area (Å²) in [4.78, 5) is 26.3. The highest BCUT2D eigenvalue weighted by atomic mass is 35.5. The minimum absolute atomic E-state index is 0.0840. The molecule has 3 rings (SSSR count). The highest BCUT2D eigenvalue weighted by Gasteiger charge is 2.35. The summed E-state index contributed by atoms with van der Waals surface area (Å²) < 4.78 is 5.40. The third kappa shape index (κ3) is 4.17. The molecule has 26 heavy (non-hydrogen) atoms. The van der Waals surface area contributed by atoms with Gasteiger partial charge in [0.1, 0.15) is 5.75 Å². The lowest BCUT2D eigenvalue weighted by Gasteiger charge is -2.18. The molecule has 1 aliphatic rings. The number of anilines is 1. The summed E-state index contributed by atoms with van der Waals surface area (Å²) in [7, 11) is 0. The van der Waals surface area contributed by atoms with Gasteiger partial charge in [-0.25, -0.2) is 0 Å². The molecule has 1 heterocycles. The van der Waals surface area contributed by atoms with Crippen LogP contribution in [0.2, 0.25) is 5.02 Å². The molecule has 2 amide bonds. The van der Waals surface area contributed by atoms with Gasteiger partial charge in [-0.3, -0.25) is 9.59 Å². The molecule has 1 aliphatic heterocycles. The van der Waals surface area contributed by atoms with E-state index in [0.29, 0.717) is 30.4 Å². The van der Waals surface area contributed by atoms with Crippen molar-refractivity contribution >= 4 is 29.1 Å². The number of hydrogen-bond donors (Lipinski definition) is 1. The van der Waals surface area contributed by atoms with Crippen LogP contribution in [0.25, 0.3) is 0 Å². The lowest BCUT2D eigenvalue weighted by Crippen LogP contribution is -2.32. The van der Waals surface area contributed by atoms with Gasteiger partial charge in [0.2, 0.25) is 11.8 Å². The maximum atomic E-state index is 12.4. The normalized spacial score (nSPS) is 16.6. The fourth-order valence-electron chi connectivity index (χ4n) is 2.99. The molecule has 0 spiro atoms. The number of nitrogens with zero attached hydrogens (tertiary/aromatic N) is 1. The van der Waals surface area contributed by atoms with E-state index in [2.05, 4.69) is 5.32 Å². The third-order valence-corrected chi connectivity index (χ3v) is 4.66. The Kier molecular flexibility index (Phi) is 5.78. The van der Waals surface area contributed by atoms with Gasteiger partial charge in [-0.1, -0.05) is 35.9 Å². The van der Waals surface area contributed by atoms with Crippen LogP contribution in [-0.2, 0) is 16.1 Å². The van der Waals surface area contributed by atoms with E-state index in [1.165, 1.54) is 0 Å². The molecule has 0 aromatic heterocycles. The fraction of sp³-hybridized carbons (Fsp3) is 0.300. The summed E-state index contributed by atoms with van der Waals surface area (Å²) in [5, 5.41) is 3.42. The second-order valence-electron chi connectivity index (χ2n) is 6.15. The number of hydrogen-bond acceptors (Lipinski definition) is 3. The van der Waals surface area contributed by atoms with E-state index in [0.717, 1.165) is 11.3 Å². The molecule has 5 nitrogen and oxygen atoms in total. The molecule has 0 aliphatic carbocycles. The Hall–Kier alpha value is -2.53. The lowest BCUT2D eigenvalue weighted by molar-refractivity contribution is -0.126. The van der Waals surface area contributed by atoms with Crippen LogP contribution in [0.4, 0.5) is 5.69 Å². The number of nitrogens with one attached hydrogen (secondary N) is 1. The number of amides is 2. The van der Waals surface area contributed by atoms with Crippen molar-refractivity contribution in [3.63, 3.8) is 0 Å². The molecule has 0 unspecified atom stereocenters. The predicted octanol–water partition coefficient (Wildman–Crippen LogP) is 3.41. The molecular formula is C20H21ClN2O3. The maximum absolute atomic E-state index is 12.4. The Balaban J connectivity index is 1.57. The Labute approximate surface area is 157 Å². The van der Waals surface area contributed by atoms with Crippen LogP contribution in [0.1, 0.15) is 18.9 Å². The molecule has 0 saturated carbocycles. The minimum Gasteiger partial charge on any atom is -0.494 e. The number of para-hydroxylation sites is 1. The molecule has 2 aromatic rings. The van der Waals surface area contributed by atoms with Crippen LogP contribution in [-0.4, -0.2) is 25.0 Å². The molecule has 2 aromatic carbocycles. The van der Waals surface area contributed by atoms with Crippen molar-refractivity contribution in [1.82, 2.24) is 5.32 Å². The van der Waals surface area contributed by atoms with Crippen LogP contribution in [0.15, 0.2) is 48.5 Å². The van der Waals surface area contributed by atoms with Crippen molar-refractivity contribution in [2.45, 2.75) is 19.9 Å². The van der Waals surface area contributed by atoms with Crippen molar-refractivity contribution in [3.05, 3.63) is 59.1 Å². The highest BCUT2D eigenvalue weighted by molar-refractivity contribution is 6.33. The van der Waals surface area contributed by atoms with Gasteiger partial charge in [0.25, 0.3) is 0 Å². The van der Waals surface area contributed by atoms with E-state index < -0.39 is 0 Å². The molecule has 1 fully saturated rings. The third-order valence-electron chi connectivity index (χ3n) is 4.34. The zero-order chi connectivity index (χ0) is 18.5. The fourth-order valence-corrected chi connectivity index (χ4v) is 3.23. The second-order valence-corrected chi connectivity index (χ2v) is 6.56. The number of carbonyl (C=O) groups excluding carboxylic acids is 2. The van der Waals surface area contributed by atoms with Gasteiger partial charge in [0.15, 0.2) is 0 Å². The Morgan fingerprint density at radius 3 is 2.65 bits per heavy atom. The average molecular weight is 373 g/mol. The van der Waals surface area contributed by atoms with E-state index in [1.54, 1.807) is 17.0 Å². The van der Waals surface area contributed by atoms with Crippen molar-refractivity contribution < 1.29 is 14.3 Å². The van der Waals surface area contributed by atoms with E-state index >= 15 is 0 Å². The van der Waals surface area contributed by atoms with E-state index in [4.69, 9.17) is 16.3 Å². The number of rotatable bonds is 6. The number of ether oxygens (including phenoxy) is 1. The van der Waals surface area contributed by atoms with Gasteiger partial charge in [-0.15, -0.1) is 0 Å². The first kappa shape index (κ1) is 18.3. The molecule has 1 N–H and O–H groups in total. The zero-order valence-electron chi connectivity index (χ0n) is 14.6. The molecule has 136 valence electrons. The van der Waals surface area contributed by atoms with Gasteiger partial charge in [-0.05, 0) is 36.8 Å². The molecule has 1 atom stereocenters. The van der Waals surface area contributed by atoms with Gasteiger partial charge in [0, 0.05) is 19.5 Å². The van der Waals surface area contributed by atoms with Crippen LogP contribution >= 0.6 is 11.6 Å². The van der Waals surface area contributed by atoms with Crippen LogP contribution in [0.3, 0.4) is 0 Å². The Morgan fingerprint density at radius 2 is 1.96 bits per heavy atom. The molecule has 6 heteroatoms. The average Bonchev–Trinajstić information content (AvgIpc) is 3.03. The summed E-state index contributed by atoms with van der Waals surface area (Å²) in [5.41, 5.74) is 1.63. The largest absolute Gasteiger partial charge is 0.494 e. The number of benzene rings is 2. The molecule has 0 bridgehead atoms. The first-order chi connectivity index (χ1) is 12.6. The quantitative estimate of drug-likeness (QED) is 0.845. The minimum atomic E-state index is -0.374. The molecule has 1 saturated heterocycles. The standard InChI is InChI=1S/C20H21ClN2O3/c1-2-26-16-9-7-14(8-10-16)12-22-20(25)15-11-19(24)23(13-15)18-6-4-3-5-17(18)21/h3-10,15H,2,11-13H2,1H3,(H,22,25)/t15-/m0/s1. The van der Waals surface area contributed by atoms with Crippen molar-refractivity contribution in [2.75, 3.05) is 18.1 Å². The van der Waals surface area contributed by atoms with Crippen LogP contribution < -0.4 is 15.0 Å². The van der Waals surface area contributed by atoms with E-state index in [1.807, 2.05) is 43.3 Å². The van der Waals surface area contributed by atoms with Crippen molar-refractivity contribution in [2.24, 2.45) is 5.92 Å². The smallest absolute Gasteiger partial charge is 0.227 e. The summed E-state index contributed by atoms with van der Waals surface area (Å²) in [5.74, 6) is 0.224. The number of halogens is 1. The highest BCUT2D eigenvalue weighted by Crippen LogP contribution is 2.31. The van der Waals surface area contributed by atoms with Crippen molar-refractivity contribution in [1.29, 1.82) is 0 Å². The van der Waals surface area contributed by atoms with Gasteiger partial charge >= 0.3 is 0 Å². The zero-order valence-corrected chi connectivity index (χ0v) is 15.3. The molecule has 0 radical (unpaired) electrons. The van der Waals surface area contributed by atoms with E-state index in [9.17, 15) is 9.59 Å². The number of carbonyl (C=O) groups is 2. The SMILES string of the molecule is CCOc1ccc(CNC(=O)[C@H]2CC(=O)N(c3ccccc3Cl)C2)cc1.